The fourth-order valence-electron chi connectivity index (χ4n) is 0.0575. The van der Waals surface area contributed by atoms with Gasteiger partial charge in [-0.3, -0.25) is 4.79 Å². The van der Waals surface area contributed by atoms with Crippen LogP contribution in [0.1, 0.15) is 1.43 Å². The monoisotopic (exact) mass is 167 g/mol. The summed E-state index contributed by atoms with van der Waals surface area (Å²) in [6.45, 7) is 0. The summed E-state index contributed by atoms with van der Waals surface area (Å²) in [5.74, 6) is 0. The van der Waals surface area contributed by atoms with Crippen LogP contribution in [0, 0.1) is 0 Å². The summed E-state index contributed by atoms with van der Waals surface area (Å²) in [5.41, 5.74) is 0. The van der Waals surface area contributed by atoms with Crippen molar-refractivity contribution in [2.45, 2.75) is 0 Å². The van der Waals surface area contributed by atoms with Crippen LogP contribution in [0.25, 0.3) is 0 Å². The van der Waals surface area contributed by atoms with Gasteiger partial charge in [-0.05, 0) is 0 Å². The van der Waals surface area contributed by atoms with Gasteiger partial charge in [-0.25, -0.2) is 4.72 Å². The van der Waals surface area contributed by atoms with Crippen LogP contribution in [-0.4, -0.2) is 14.8 Å². The van der Waals surface area contributed by atoms with E-state index in [1.54, 1.807) is 0 Å². The number of halogens is 1. The maximum atomic E-state index is 11.0. The van der Waals surface area contributed by atoms with Gasteiger partial charge >= 0.3 is 61.8 Å². The van der Waals surface area contributed by atoms with Crippen molar-refractivity contribution < 1.29 is 69.9 Å². The first-order valence-electron chi connectivity index (χ1n) is 1.22. The molecule has 0 fully saturated rings. The first-order chi connectivity index (χ1) is 3.06. The Balaban J connectivity index is -0.000000180. The predicted octanol–water partition coefficient (Wildman–Crippen LogP) is -3.94. The third-order valence-corrected chi connectivity index (χ3v) is 0.567. The molecule has 8 heavy (non-hydrogen) atoms. The Kier molecular flexibility index (Phi) is 7.09. The SMILES string of the molecule is O=CNS(=O)(=O)F.[H-].[K+]. The Morgan fingerprint density at radius 1 is 1.62 bits per heavy atom. The molecule has 0 saturated heterocycles. The molecule has 0 atom stereocenters. The van der Waals surface area contributed by atoms with Crippen LogP contribution in [0.2, 0.25) is 0 Å². The second-order valence-corrected chi connectivity index (χ2v) is 1.78. The second kappa shape index (κ2) is 4.83. The fourth-order valence-corrected chi connectivity index (χ4v) is 0.172. The predicted molar refractivity (Wildman–Crippen MR) is 20.3 cm³/mol. The molecule has 0 aromatic carbocycles. The average molecular weight is 167 g/mol. The van der Waals surface area contributed by atoms with Crippen molar-refractivity contribution in [3.8, 4) is 0 Å². The van der Waals surface area contributed by atoms with Gasteiger partial charge < -0.3 is 1.43 Å². The van der Waals surface area contributed by atoms with Gasteiger partial charge in [0, 0.05) is 0 Å². The summed E-state index contributed by atoms with van der Waals surface area (Å²) in [5, 5.41) is 0. The molecule has 0 aromatic rings. The average Bonchev–Trinajstić information content (AvgIpc) is 1.30. The van der Waals surface area contributed by atoms with Crippen molar-refractivity contribution in [1.82, 2.24) is 4.72 Å². The van der Waals surface area contributed by atoms with E-state index in [4.69, 9.17) is 4.79 Å². The van der Waals surface area contributed by atoms with Crippen LogP contribution in [0.15, 0.2) is 0 Å². The van der Waals surface area contributed by atoms with Crippen LogP contribution in [-0.2, 0) is 15.2 Å². The van der Waals surface area contributed by atoms with Gasteiger partial charge in [0.1, 0.15) is 0 Å². The Hall–Kier alpha value is 0.986. The first-order valence-corrected chi connectivity index (χ1v) is 2.60. The third kappa shape index (κ3) is 10.1. The topological polar surface area (TPSA) is 63.2 Å². The maximum Gasteiger partial charge on any atom is 1.00 e. The van der Waals surface area contributed by atoms with E-state index < -0.39 is 10.4 Å². The van der Waals surface area contributed by atoms with Crippen molar-refractivity contribution in [2.75, 3.05) is 0 Å². The molecule has 7 heteroatoms. The number of rotatable bonds is 2. The molecule has 0 aliphatic carbocycles. The molecule has 0 rings (SSSR count). The summed E-state index contributed by atoms with van der Waals surface area (Å²) >= 11 is 0. The number of hydrogen-bond donors (Lipinski definition) is 1. The number of carbonyl (C=O) groups is 1. The van der Waals surface area contributed by atoms with E-state index in [1.807, 2.05) is 0 Å². The van der Waals surface area contributed by atoms with Crippen molar-refractivity contribution in [3.63, 3.8) is 0 Å². The Labute approximate surface area is 90.1 Å². The molecule has 0 heterocycles. The maximum absolute atomic E-state index is 11.0. The minimum atomic E-state index is -4.79. The molecule has 4 nitrogen and oxygen atoms in total. The summed E-state index contributed by atoms with van der Waals surface area (Å²) in [7, 11) is -4.79. The fraction of sp³-hybridized carbons (Fsp3) is 0. The van der Waals surface area contributed by atoms with E-state index in [0.29, 0.717) is 0 Å². The summed E-state index contributed by atoms with van der Waals surface area (Å²) < 4.78 is 30.4. The van der Waals surface area contributed by atoms with E-state index in [0.717, 1.165) is 4.72 Å². The van der Waals surface area contributed by atoms with Crippen LogP contribution in [0.3, 0.4) is 0 Å². The number of amides is 1. The third-order valence-electron chi connectivity index (χ3n) is 0.189. The Morgan fingerprint density at radius 2 is 2.00 bits per heavy atom. The Bertz CT molecular complexity index is 157. The zero-order valence-electron chi connectivity index (χ0n) is 5.09. The molecule has 0 aliphatic rings. The number of nitrogens with one attached hydrogen (secondary N) is 1. The normalized spacial score (nSPS) is 9.12. The zero-order valence-corrected chi connectivity index (χ0v) is 8.03. The van der Waals surface area contributed by atoms with Gasteiger partial charge in [0.05, 0.1) is 0 Å². The van der Waals surface area contributed by atoms with Crippen LogP contribution < -0.4 is 56.1 Å². The summed E-state index contributed by atoms with van der Waals surface area (Å²) in [4.78, 5) is 9.09. The van der Waals surface area contributed by atoms with Crippen LogP contribution in [0.4, 0.5) is 3.89 Å². The van der Waals surface area contributed by atoms with Gasteiger partial charge in [0.25, 0.3) is 0 Å². The summed E-state index contributed by atoms with van der Waals surface area (Å²) in [6, 6.07) is 0. The molecule has 1 N–H and O–H groups in total. The number of carbonyl (C=O) groups excluding carboxylic acids is 1. The van der Waals surface area contributed by atoms with Gasteiger partial charge in [0.15, 0.2) is 0 Å². The Morgan fingerprint density at radius 3 is 2.00 bits per heavy atom. The number of hydrogen-bond acceptors (Lipinski definition) is 3. The van der Waals surface area contributed by atoms with Crippen molar-refractivity contribution in [2.24, 2.45) is 0 Å². The standard InChI is InChI=1S/CH2FNO3S.K.H/c2-7(5,6)3-1-4;;/h1H,(H,3,4);;/q;+1;-1. The van der Waals surface area contributed by atoms with Gasteiger partial charge in [-0.2, -0.15) is 8.42 Å². The molecule has 0 aliphatic heterocycles. The van der Waals surface area contributed by atoms with E-state index in [1.165, 1.54) is 0 Å². The summed E-state index contributed by atoms with van der Waals surface area (Å²) in [6.07, 6.45) is -0.255. The van der Waals surface area contributed by atoms with Gasteiger partial charge in [-0.15, -0.1) is 0 Å². The van der Waals surface area contributed by atoms with E-state index in [9.17, 15) is 12.3 Å². The second-order valence-electron chi connectivity index (χ2n) is 0.674. The van der Waals surface area contributed by atoms with E-state index in [-0.39, 0.29) is 59.2 Å². The van der Waals surface area contributed by atoms with E-state index in [2.05, 4.69) is 0 Å². The molecule has 44 valence electrons. The van der Waals surface area contributed by atoms with Gasteiger partial charge in [0.2, 0.25) is 6.41 Å². The molecule has 0 bridgehead atoms. The molecule has 0 radical (unpaired) electrons. The van der Waals surface area contributed by atoms with Crippen molar-refractivity contribution in [3.05, 3.63) is 0 Å². The minimum absolute atomic E-state index is 0. The molecule has 0 spiro atoms. The molecule has 0 saturated carbocycles. The minimum Gasteiger partial charge on any atom is -1.00 e. The molecule has 0 aromatic heterocycles. The van der Waals surface area contributed by atoms with Gasteiger partial charge in [-0.1, -0.05) is 3.89 Å². The first kappa shape index (κ1) is 11.7. The molecule has 1 amide bonds. The van der Waals surface area contributed by atoms with Crippen molar-refractivity contribution >= 4 is 16.8 Å². The largest absolute Gasteiger partial charge is 1.00 e. The molecule has 0 unspecified atom stereocenters. The smallest absolute Gasteiger partial charge is 1.00 e. The zero-order chi connectivity index (χ0) is 5.91. The molecular weight excluding hydrogens is 164 g/mol. The van der Waals surface area contributed by atoms with Crippen LogP contribution in [0.5, 0.6) is 0 Å². The van der Waals surface area contributed by atoms with E-state index >= 15 is 0 Å². The van der Waals surface area contributed by atoms with Crippen LogP contribution >= 0.6 is 0 Å². The molecular formula is CH3FKNO3S. The van der Waals surface area contributed by atoms with Crippen molar-refractivity contribution in [1.29, 1.82) is 0 Å². The quantitative estimate of drug-likeness (QED) is 0.259.